The van der Waals surface area contributed by atoms with Gasteiger partial charge in [-0.3, -0.25) is 0 Å². The van der Waals surface area contributed by atoms with Crippen LogP contribution in [0.25, 0.3) is 0 Å². The number of hydrogen-bond acceptors (Lipinski definition) is 4. The third-order valence-corrected chi connectivity index (χ3v) is 2.69. The molecule has 1 N–H and O–H groups in total. The Kier molecular flexibility index (Phi) is 3.85. The lowest BCUT2D eigenvalue weighted by Crippen LogP contribution is -2.17. The molecule has 0 saturated heterocycles. The topological polar surface area (TPSA) is 47.6 Å². The molecule has 92 valence electrons. The van der Waals surface area contributed by atoms with Gasteiger partial charge in [-0.1, -0.05) is 12.1 Å². The fourth-order valence-electron chi connectivity index (χ4n) is 1.94. The summed E-state index contributed by atoms with van der Waals surface area (Å²) in [5.41, 5.74) is 2.26. The van der Waals surface area contributed by atoms with E-state index < -0.39 is 0 Å². The first-order valence-electron chi connectivity index (χ1n) is 5.95. The van der Waals surface area contributed by atoms with E-state index in [0.29, 0.717) is 6.61 Å². The van der Waals surface area contributed by atoms with Gasteiger partial charge in [-0.2, -0.15) is 0 Å². The van der Waals surface area contributed by atoms with E-state index in [4.69, 9.17) is 9.47 Å². The van der Waals surface area contributed by atoms with Crippen molar-refractivity contribution in [2.45, 2.75) is 19.8 Å². The molecule has 2 rings (SSSR count). The first-order chi connectivity index (χ1) is 8.31. The van der Waals surface area contributed by atoms with Crippen molar-refractivity contribution < 1.29 is 14.3 Å². The number of carbonyl (C=O) groups excluding carboxylic acids is 1. The van der Waals surface area contributed by atoms with Gasteiger partial charge in [0.15, 0.2) is 6.61 Å². The summed E-state index contributed by atoms with van der Waals surface area (Å²) in [5.74, 6) is 0.399. The van der Waals surface area contributed by atoms with E-state index >= 15 is 0 Å². The molecule has 0 radical (unpaired) electrons. The predicted octanol–water partition coefficient (Wildman–Crippen LogP) is 1.99. The molecule has 1 aliphatic heterocycles. The van der Waals surface area contributed by atoms with Gasteiger partial charge in [0.05, 0.1) is 12.3 Å². The van der Waals surface area contributed by atoms with Crippen LogP contribution in [0.5, 0.6) is 5.75 Å². The van der Waals surface area contributed by atoms with Crippen molar-refractivity contribution in [2.75, 3.05) is 25.1 Å². The highest BCUT2D eigenvalue weighted by molar-refractivity contribution is 5.72. The van der Waals surface area contributed by atoms with E-state index in [-0.39, 0.29) is 12.6 Å². The van der Waals surface area contributed by atoms with E-state index in [1.54, 1.807) is 6.92 Å². The molecule has 1 heterocycles. The Labute approximate surface area is 101 Å². The molecule has 0 saturated carbocycles. The summed E-state index contributed by atoms with van der Waals surface area (Å²) in [4.78, 5) is 11.2. The summed E-state index contributed by atoms with van der Waals surface area (Å²) in [6.45, 7) is 3.08. The van der Waals surface area contributed by atoms with Gasteiger partial charge in [-0.15, -0.1) is 0 Å². The van der Waals surface area contributed by atoms with Crippen molar-refractivity contribution in [3.05, 3.63) is 23.8 Å². The lowest BCUT2D eigenvalue weighted by molar-refractivity contribution is -0.145. The minimum Gasteiger partial charge on any atom is -0.480 e. The monoisotopic (exact) mass is 235 g/mol. The van der Waals surface area contributed by atoms with Crippen LogP contribution in [0.3, 0.4) is 0 Å². The van der Waals surface area contributed by atoms with Crippen LogP contribution in [-0.4, -0.2) is 25.7 Å². The van der Waals surface area contributed by atoms with E-state index in [0.717, 1.165) is 30.8 Å². The maximum atomic E-state index is 11.2. The maximum absolute atomic E-state index is 11.2. The molecule has 17 heavy (non-hydrogen) atoms. The number of esters is 1. The number of ether oxygens (including phenoxy) is 2. The number of anilines is 1. The molecule has 0 aromatic heterocycles. The SMILES string of the molecule is CCOC(=O)COc1cccc2c1NCCC2. The lowest BCUT2D eigenvalue weighted by atomic mass is 10.0. The summed E-state index contributed by atoms with van der Waals surface area (Å²) in [6.07, 6.45) is 2.19. The minimum atomic E-state index is -0.332. The van der Waals surface area contributed by atoms with Gasteiger partial charge < -0.3 is 14.8 Å². The molecule has 0 fully saturated rings. The van der Waals surface area contributed by atoms with Crippen molar-refractivity contribution in [3.63, 3.8) is 0 Å². The van der Waals surface area contributed by atoms with Crippen LogP contribution in [0, 0.1) is 0 Å². The highest BCUT2D eigenvalue weighted by Crippen LogP contribution is 2.31. The second kappa shape index (κ2) is 5.57. The number of aryl methyl sites for hydroxylation is 1. The molecule has 0 spiro atoms. The van der Waals surface area contributed by atoms with Crippen molar-refractivity contribution in [1.29, 1.82) is 0 Å². The second-order valence-corrected chi connectivity index (χ2v) is 3.91. The van der Waals surface area contributed by atoms with Gasteiger partial charge >= 0.3 is 5.97 Å². The maximum Gasteiger partial charge on any atom is 0.344 e. The molecule has 1 aromatic carbocycles. The van der Waals surface area contributed by atoms with Gasteiger partial charge in [-0.05, 0) is 31.4 Å². The standard InChI is InChI=1S/C13H17NO3/c1-2-16-12(15)9-17-11-7-3-5-10-6-4-8-14-13(10)11/h3,5,7,14H,2,4,6,8-9H2,1H3. The summed E-state index contributed by atoms with van der Waals surface area (Å²) in [7, 11) is 0. The van der Waals surface area contributed by atoms with Crippen LogP contribution >= 0.6 is 0 Å². The van der Waals surface area contributed by atoms with Crippen LogP contribution in [0.15, 0.2) is 18.2 Å². The Morgan fingerprint density at radius 2 is 2.35 bits per heavy atom. The number of carbonyl (C=O) groups is 1. The Morgan fingerprint density at radius 3 is 3.18 bits per heavy atom. The quantitative estimate of drug-likeness (QED) is 0.811. The van der Waals surface area contributed by atoms with Crippen molar-refractivity contribution in [3.8, 4) is 5.75 Å². The van der Waals surface area contributed by atoms with Crippen LogP contribution in [0.2, 0.25) is 0 Å². The fourth-order valence-corrected chi connectivity index (χ4v) is 1.94. The van der Waals surface area contributed by atoms with E-state index in [1.165, 1.54) is 5.56 Å². The Balaban J connectivity index is 2.03. The normalized spacial score (nSPS) is 13.5. The number of para-hydroxylation sites is 1. The molecule has 0 atom stereocenters. The number of rotatable bonds is 4. The van der Waals surface area contributed by atoms with Crippen LogP contribution < -0.4 is 10.1 Å². The largest absolute Gasteiger partial charge is 0.480 e. The molecule has 0 bridgehead atoms. The van der Waals surface area contributed by atoms with Crippen molar-refractivity contribution >= 4 is 11.7 Å². The summed E-state index contributed by atoms with van der Waals surface area (Å²) < 4.78 is 10.3. The fraction of sp³-hybridized carbons (Fsp3) is 0.462. The Hall–Kier alpha value is -1.71. The zero-order valence-corrected chi connectivity index (χ0v) is 9.99. The Bertz CT molecular complexity index is 404. The summed E-state index contributed by atoms with van der Waals surface area (Å²) in [5, 5.41) is 3.31. The molecule has 0 amide bonds. The molecule has 0 aliphatic carbocycles. The zero-order valence-electron chi connectivity index (χ0n) is 9.99. The van der Waals surface area contributed by atoms with Gasteiger partial charge in [0.25, 0.3) is 0 Å². The third kappa shape index (κ3) is 2.90. The molecule has 1 aromatic rings. The highest BCUT2D eigenvalue weighted by atomic mass is 16.6. The molecule has 1 aliphatic rings. The smallest absolute Gasteiger partial charge is 0.344 e. The van der Waals surface area contributed by atoms with Crippen molar-refractivity contribution in [1.82, 2.24) is 0 Å². The predicted molar refractivity (Wildman–Crippen MR) is 65.4 cm³/mol. The van der Waals surface area contributed by atoms with Crippen LogP contribution in [0.1, 0.15) is 18.9 Å². The number of benzene rings is 1. The lowest BCUT2D eigenvalue weighted by Gasteiger charge is -2.20. The van der Waals surface area contributed by atoms with E-state index in [9.17, 15) is 4.79 Å². The average molecular weight is 235 g/mol. The Morgan fingerprint density at radius 1 is 1.47 bits per heavy atom. The van der Waals surface area contributed by atoms with Crippen molar-refractivity contribution in [2.24, 2.45) is 0 Å². The van der Waals surface area contributed by atoms with E-state index in [1.807, 2.05) is 12.1 Å². The second-order valence-electron chi connectivity index (χ2n) is 3.91. The number of hydrogen-bond donors (Lipinski definition) is 1. The number of fused-ring (bicyclic) bond motifs is 1. The molecular formula is C13H17NO3. The first kappa shape index (κ1) is 11.8. The van der Waals surface area contributed by atoms with Crippen LogP contribution in [-0.2, 0) is 16.0 Å². The number of nitrogens with one attached hydrogen (secondary N) is 1. The summed E-state index contributed by atoms with van der Waals surface area (Å²) in [6, 6.07) is 5.90. The van der Waals surface area contributed by atoms with Crippen LogP contribution in [0.4, 0.5) is 5.69 Å². The van der Waals surface area contributed by atoms with Gasteiger partial charge in [0, 0.05) is 6.54 Å². The summed E-state index contributed by atoms with van der Waals surface area (Å²) >= 11 is 0. The average Bonchev–Trinajstić information content (AvgIpc) is 2.36. The third-order valence-electron chi connectivity index (χ3n) is 2.69. The zero-order chi connectivity index (χ0) is 12.1. The molecule has 0 unspecified atom stereocenters. The van der Waals surface area contributed by atoms with E-state index in [2.05, 4.69) is 11.4 Å². The molecular weight excluding hydrogens is 218 g/mol. The minimum absolute atomic E-state index is 0.0357. The first-order valence-corrected chi connectivity index (χ1v) is 5.95. The highest BCUT2D eigenvalue weighted by Gasteiger charge is 2.14. The molecule has 4 heteroatoms. The van der Waals surface area contributed by atoms with Gasteiger partial charge in [-0.25, -0.2) is 4.79 Å². The van der Waals surface area contributed by atoms with Gasteiger partial charge in [0.2, 0.25) is 0 Å². The van der Waals surface area contributed by atoms with Gasteiger partial charge in [0.1, 0.15) is 5.75 Å². The molecule has 4 nitrogen and oxygen atoms in total.